The third kappa shape index (κ3) is 6.92. The summed E-state index contributed by atoms with van der Waals surface area (Å²) in [5, 5.41) is 15.5. The monoisotopic (exact) mass is 465 g/mol. The number of nitrogens with zero attached hydrogens (tertiary/aromatic N) is 3. The first-order valence-electron chi connectivity index (χ1n) is 12.2. The van der Waals surface area contributed by atoms with Crippen molar-refractivity contribution in [2.45, 2.75) is 65.8 Å². The normalized spacial score (nSPS) is 13.4. The van der Waals surface area contributed by atoms with Crippen LogP contribution in [0.2, 0.25) is 0 Å². The number of aliphatic hydroxyl groups excluding tert-OH is 1. The number of aryl methyl sites for hydroxylation is 2. The summed E-state index contributed by atoms with van der Waals surface area (Å²) in [6.45, 7) is 11.8. The van der Waals surface area contributed by atoms with Crippen molar-refractivity contribution in [1.29, 1.82) is 0 Å². The van der Waals surface area contributed by atoms with E-state index < -0.39 is 6.10 Å². The second kappa shape index (κ2) is 12.2. The van der Waals surface area contributed by atoms with Gasteiger partial charge in [0.1, 0.15) is 11.4 Å². The lowest BCUT2D eigenvalue weighted by atomic mass is 10.1. The van der Waals surface area contributed by atoms with Crippen molar-refractivity contribution in [2.75, 3.05) is 13.2 Å². The van der Waals surface area contributed by atoms with Gasteiger partial charge in [0.05, 0.1) is 24.4 Å². The van der Waals surface area contributed by atoms with Gasteiger partial charge in [-0.3, -0.25) is 4.90 Å². The van der Waals surface area contributed by atoms with E-state index in [9.17, 15) is 5.11 Å². The van der Waals surface area contributed by atoms with E-state index in [-0.39, 0.29) is 12.1 Å². The molecule has 0 radical (unpaired) electrons. The predicted octanol–water partition coefficient (Wildman–Crippen LogP) is 5.57. The predicted molar refractivity (Wildman–Crippen MR) is 137 cm³/mol. The maximum Gasteiger partial charge on any atom is 0.222 e. The van der Waals surface area contributed by atoms with Crippen LogP contribution in [0.4, 0.5) is 0 Å². The Morgan fingerprint density at radius 3 is 2.32 bits per heavy atom. The molecule has 3 aromatic rings. The van der Waals surface area contributed by atoms with Gasteiger partial charge < -0.3 is 14.6 Å². The van der Waals surface area contributed by atoms with E-state index in [1.54, 1.807) is 0 Å². The fourth-order valence-electron chi connectivity index (χ4n) is 3.86. The Balaban J connectivity index is 1.97. The molecule has 6 nitrogen and oxygen atoms in total. The van der Waals surface area contributed by atoms with Crippen molar-refractivity contribution in [3.63, 3.8) is 0 Å². The first-order chi connectivity index (χ1) is 16.3. The Bertz CT molecular complexity index is 1020. The van der Waals surface area contributed by atoms with Crippen LogP contribution in [0.3, 0.4) is 0 Å². The highest BCUT2D eigenvalue weighted by Gasteiger charge is 2.25. The standard InChI is InChI=1S/C28H39N3O3/c1-7-22(5)31(17-24(32)19-33-20(2)3)18-26-27(23-11-9-8-10-12-23)29-30(6)28(26)34-25-15-13-21(4)14-16-25/h8-16,20,22,24,32H,7,17-19H2,1-6H3/t22-,24+/m1/s1. The van der Waals surface area contributed by atoms with E-state index in [4.69, 9.17) is 14.6 Å². The lowest BCUT2D eigenvalue weighted by molar-refractivity contribution is -0.0149. The summed E-state index contributed by atoms with van der Waals surface area (Å²) in [4.78, 5) is 2.29. The molecule has 1 heterocycles. The molecule has 3 rings (SSSR count). The summed E-state index contributed by atoms with van der Waals surface area (Å²) in [5.41, 5.74) is 4.13. The third-order valence-corrected chi connectivity index (χ3v) is 6.01. The summed E-state index contributed by atoms with van der Waals surface area (Å²) in [6, 6.07) is 18.5. The van der Waals surface area contributed by atoms with E-state index in [0.717, 1.165) is 29.0 Å². The van der Waals surface area contributed by atoms with Gasteiger partial charge in [-0.2, -0.15) is 5.10 Å². The molecule has 0 aliphatic carbocycles. The second-order valence-corrected chi connectivity index (χ2v) is 9.26. The Morgan fingerprint density at radius 1 is 1.03 bits per heavy atom. The average Bonchev–Trinajstić information content (AvgIpc) is 3.13. The molecule has 0 aliphatic heterocycles. The molecule has 0 bridgehead atoms. The molecule has 0 aliphatic rings. The van der Waals surface area contributed by atoms with Crippen molar-refractivity contribution < 1.29 is 14.6 Å². The van der Waals surface area contributed by atoms with Crippen molar-refractivity contribution >= 4 is 0 Å². The van der Waals surface area contributed by atoms with Crippen molar-refractivity contribution in [2.24, 2.45) is 7.05 Å². The minimum absolute atomic E-state index is 0.0872. The molecule has 0 spiro atoms. The van der Waals surface area contributed by atoms with Gasteiger partial charge in [0.25, 0.3) is 0 Å². The van der Waals surface area contributed by atoms with E-state index >= 15 is 0 Å². The molecular weight excluding hydrogens is 426 g/mol. The molecule has 1 aromatic heterocycles. The third-order valence-electron chi connectivity index (χ3n) is 6.01. The average molecular weight is 466 g/mol. The van der Waals surface area contributed by atoms with Gasteiger partial charge in [-0.15, -0.1) is 0 Å². The van der Waals surface area contributed by atoms with Gasteiger partial charge in [0, 0.05) is 31.7 Å². The Hall–Kier alpha value is -2.67. The number of aromatic nitrogens is 2. The zero-order chi connectivity index (χ0) is 24.7. The molecule has 184 valence electrons. The summed E-state index contributed by atoms with van der Waals surface area (Å²) in [6.07, 6.45) is 0.478. The molecule has 2 atom stereocenters. The second-order valence-electron chi connectivity index (χ2n) is 9.26. The minimum Gasteiger partial charge on any atom is -0.439 e. The van der Waals surface area contributed by atoms with Crippen molar-refractivity contribution in [3.8, 4) is 22.9 Å². The molecule has 0 saturated heterocycles. The zero-order valence-corrected chi connectivity index (χ0v) is 21.4. The van der Waals surface area contributed by atoms with Crippen LogP contribution in [-0.2, 0) is 18.3 Å². The van der Waals surface area contributed by atoms with Gasteiger partial charge in [-0.25, -0.2) is 4.68 Å². The lowest BCUT2D eigenvalue weighted by Crippen LogP contribution is -2.40. The number of aliphatic hydroxyl groups is 1. The van der Waals surface area contributed by atoms with E-state index in [0.29, 0.717) is 25.6 Å². The minimum atomic E-state index is -0.574. The SMILES string of the molecule is CC[C@@H](C)N(Cc1c(-c2ccccc2)nn(C)c1Oc1ccc(C)cc1)C[C@H](O)COC(C)C. The highest BCUT2D eigenvalue weighted by Crippen LogP contribution is 2.34. The number of hydrogen-bond acceptors (Lipinski definition) is 5. The fourth-order valence-corrected chi connectivity index (χ4v) is 3.86. The van der Waals surface area contributed by atoms with Crippen molar-refractivity contribution in [3.05, 3.63) is 65.7 Å². The topological polar surface area (TPSA) is 59.8 Å². The molecule has 6 heteroatoms. The van der Waals surface area contributed by atoms with Gasteiger partial charge in [-0.05, 0) is 46.2 Å². The largest absolute Gasteiger partial charge is 0.439 e. The maximum atomic E-state index is 10.7. The molecule has 0 unspecified atom stereocenters. The van der Waals surface area contributed by atoms with Crippen LogP contribution >= 0.6 is 0 Å². The van der Waals surface area contributed by atoms with Gasteiger partial charge >= 0.3 is 0 Å². The molecule has 34 heavy (non-hydrogen) atoms. The van der Waals surface area contributed by atoms with Crippen molar-refractivity contribution in [1.82, 2.24) is 14.7 Å². The molecule has 0 amide bonds. The first kappa shape index (κ1) is 25.9. The van der Waals surface area contributed by atoms with Crippen LogP contribution in [0.15, 0.2) is 54.6 Å². The number of hydrogen-bond donors (Lipinski definition) is 1. The molecule has 0 saturated carbocycles. The summed E-state index contributed by atoms with van der Waals surface area (Å²) in [5.74, 6) is 1.49. The molecule has 2 aromatic carbocycles. The van der Waals surface area contributed by atoms with E-state index in [1.165, 1.54) is 5.56 Å². The summed E-state index contributed by atoms with van der Waals surface area (Å²) >= 11 is 0. The Labute approximate surface area is 204 Å². The lowest BCUT2D eigenvalue weighted by Gasteiger charge is -2.31. The number of rotatable bonds is 12. The zero-order valence-electron chi connectivity index (χ0n) is 21.4. The maximum absolute atomic E-state index is 10.7. The van der Waals surface area contributed by atoms with Gasteiger partial charge in [-0.1, -0.05) is 55.0 Å². The number of benzene rings is 2. The van der Waals surface area contributed by atoms with Crippen LogP contribution in [0.5, 0.6) is 11.6 Å². The summed E-state index contributed by atoms with van der Waals surface area (Å²) in [7, 11) is 1.92. The number of ether oxygens (including phenoxy) is 2. The molecular formula is C28H39N3O3. The van der Waals surface area contributed by atoms with Crippen LogP contribution in [0.25, 0.3) is 11.3 Å². The van der Waals surface area contributed by atoms with Gasteiger partial charge in [0.15, 0.2) is 0 Å². The van der Waals surface area contributed by atoms with Crippen LogP contribution < -0.4 is 4.74 Å². The van der Waals surface area contributed by atoms with Crippen LogP contribution in [0.1, 0.15) is 45.2 Å². The molecule has 0 fully saturated rings. The smallest absolute Gasteiger partial charge is 0.222 e. The quantitative estimate of drug-likeness (QED) is 0.379. The fraction of sp³-hybridized carbons (Fsp3) is 0.464. The van der Waals surface area contributed by atoms with Gasteiger partial charge in [0.2, 0.25) is 5.88 Å². The van der Waals surface area contributed by atoms with Crippen LogP contribution in [-0.4, -0.2) is 51.2 Å². The van der Waals surface area contributed by atoms with E-state index in [2.05, 4.69) is 37.8 Å². The van der Waals surface area contributed by atoms with Crippen LogP contribution in [0, 0.1) is 6.92 Å². The Kier molecular flexibility index (Phi) is 9.28. The highest BCUT2D eigenvalue weighted by atomic mass is 16.5. The summed E-state index contributed by atoms with van der Waals surface area (Å²) < 4.78 is 13.9. The highest BCUT2D eigenvalue weighted by molar-refractivity contribution is 5.65. The van der Waals surface area contributed by atoms with E-state index in [1.807, 2.05) is 68.0 Å². The first-order valence-corrected chi connectivity index (χ1v) is 12.2. The Morgan fingerprint density at radius 2 is 1.71 bits per heavy atom. The molecule has 1 N–H and O–H groups in total.